The van der Waals surface area contributed by atoms with Crippen molar-refractivity contribution in [3.05, 3.63) is 95.3 Å². The Bertz CT molecular complexity index is 1140. The second-order valence-electron chi connectivity index (χ2n) is 6.72. The third kappa shape index (κ3) is 7.17. The molecular formula is C23H17F4N3O3. The minimum Gasteiger partial charge on any atom is -0.489 e. The molecule has 2 N–H and O–H groups in total. The van der Waals surface area contributed by atoms with Crippen LogP contribution in [-0.4, -0.2) is 18.0 Å². The van der Waals surface area contributed by atoms with E-state index in [4.69, 9.17) is 4.74 Å². The maximum Gasteiger partial charge on any atom is 0.416 e. The molecule has 0 aliphatic rings. The molecule has 170 valence electrons. The zero-order valence-electron chi connectivity index (χ0n) is 16.9. The van der Waals surface area contributed by atoms with Crippen molar-refractivity contribution in [3.63, 3.8) is 0 Å². The fourth-order valence-electron chi connectivity index (χ4n) is 2.57. The lowest BCUT2D eigenvalue weighted by molar-refractivity contribution is -0.137. The molecule has 10 heteroatoms. The second kappa shape index (κ2) is 10.4. The van der Waals surface area contributed by atoms with Gasteiger partial charge in [-0.3, -0.25) is 9.59 Å². The summed E-state index contributed by atoms with van der Waals surface area (Å²) in [5.74, 6) is -2.09. The van der Waals surface area contributed by atoms with Crippen molar-refractivity contribution in [3.8, 4) is 5.75 Å². The molecule has 3 aromatic carbocycles. The maximum absolute atomic E-state index is 12.9. The Morgan fingerprint density at radius 3 is 2.30 bits per heavy atom. The topological polar surface area (TPSA) is 79.8 Å². The van der Waals surface area contributed by atoms with Gasteiger partial charge in [0.1, 0.15) is 18.2 Å². The number of amides is 2. The zero-order valence-corrected chi connectivity index (χ0v) is 16.9. The SMILES string of the molecule is O=C(N/N=C/c1ccc(OCc2ccc(F)cc2)cc1)C(=O)Nc1cccc(C(F)(F)F)c1. The highest BCUT2D eigenvalue weighted by atomic mass is 19.4. The summed E-state index contributed by atoms with van der Waals surface area (Å²) in [5.41, 5.74) is 2.25. The first-order chi connectivity index (χ1) is 15.7. The number of alkyl halides is 3. The molecule has 0 saturated carbocycles. The van der Waals surface area contributed by atoms with Gasteiger partial charge in [0.2, 0.25) is 0 Å². The predicted molar refractivity (Wildman–Crippen MR) is 113 cm³/mol. The van der Waals surface area contributed by atoms with Gasteiger partial charge >= 0.3 is 18.0 Å². The number of hydrogen-bond donors (Lipinski definition) is 2. The van der Waals surface area contributed by atoms with Crippen LogP contribution in [0.15, 0.2) is 77.9 Å². The molecule has 3 aromatic rings. The molecule has 3 rings (SSSR count). The van der Waals surface area contributed by atoms with E-state index in [1.807, 2.05) is 5.43 Å². The van der Waals surface area contributed by atoms with Gasteiger partial charge in [0.05, 0.1) is 11.8 Å². The molecular weight excluding hydrogens is 442 g/mol. The molecule has 0 heterocycles. The van der Waals surface area contributed by atoms with E-state index in [2.05, 4.69) is 10.4 Å². The van der Waals surface area contributed by atoms with Gasteiger partial charge in [0.15, 0.2) is 0 Å². The van der Waals surface area contributed by atoms with Crippen LogP contribution in [0.4, 0.5) is 23.2 Å². The third-order valence-electron chi connectivity index (χ3n) is 4.23. The van der Waals surface area contributed by atoms with Crippen LogP contribution < -0.4 is 15.5 Å². The van der Waals surface area contributed by atoms with Crippen molar-refractivity contribution in [2.24, 2.45) is 5.10 Å². The second-order valence-corrected chi connectivity index (χ2v) is 6.72. The van der Waals surface area contributed by atoms with E-state index in [1.165, 1.54) is 24.4 Å². The van der Waals surface area contributed by atoms with Crippen LogP contribution >= 0.6 is 0 Å². The van der Waals surface area contributed by atoms with Gasteiger partial charge in [-0.05, 0) is 65.7 Å². The molecule has 2 amide bonds. The lowest BCUT2D eigenvalue weighted by Crippen LogP contribution is -2.32. The molecule has 0 atom stereocenters. The largest absolute Gasteiger partial charge is 0.489 e. The Kier molecular flexibility index (Phi) is 7.39. The molecule has 0 radical (unpaired) electrons. The van der Waals surface area contributed by atoms with Crippen LogP contribution in [0, 0.1) is 5.82 Å². The number of hydrogen-bond acceptors (Lipinski definition) is 4. The average Bonchev–Trinajstić information content (AvgIpc) is 2.79. The van der Waals surface area contributed by atoms with E-state index in [1.54, 1.807) is 36.4 Å². The molecule has 0 spiro atoms. The van der Waals surface area contributed by atoms with Crippen molar-refractivity contribution in [1.29, 1.82) is 0 Å². The van der Waals surface area contributed by atoms with Gasteiger partial charge in [-0.2, -0.15) is 18.3 Å². The number of ether oxygens (including phenoxy) is 1. The number of carbonyl (C=O) groups is 2. The summed E-state index contributed by atoms with van der Waals surface area (Å²) < 4.78 is 56.6. The minimum atomic E-state index is -4.57. The minimum absolute atomic E-state index is 0.176. The van der Waals surface area contributed by atoms with Crippen LogP contribution in [0.2, 0.25) is 0 Å². The standard InChI is InChI=1S/C23H17F4N3O3/c24-18-8-4-16(5-9-18)14-33-20-10-6-15(7-11-20)13-28-30-22(32)21(31)29-19-3-1-2-17(12-19)23(25,26)27/h1-13H,14H2,(H,29,31)(H,30,32)/b28-13+. The summed E-state index contributed by atoms with van der Waals surface area (Å²) in [7, 11) is 0. The van der Waals surface area contributed by atoms with Crippen molar-refractivity contribution in [2.45, 2.75) is 12.8 Å². The maximum atomic E-state index is 12.9. The lowest BCUT2D eigenvalue weighted by atomic mass is 10.2. The van der Waals surface area contributed by atoms with Gasteiger partial charge in [0, 0.05) is 5.69 Å². The molecule has 0 saturated heterocycles. The van der Waals surface area contributed by atoms with Crippen molar-refractivity contribution < 1.29 is 31.9 Å². The van der Waals surface area contributed by atoms with Crippen molar-refractivity contribution in [1.82, 2.24) is 5.43 Å². The Labute approximate surface area is 185 Å². The zero-order chi connectivity index (χ0) is 23.8. The first kappa shape index (κ1) is 23.5. The number of hydrazone groups is 1. The molecule has 0 aliphatic carbocycles. The third-order valence-corrected chi connectivity index (χ3v) is 4.23. The molecule has 0 aromatic heterocycles. The monoisotopic (exact) mass is 459 g/mol. The van der Waals surface area contributed by atoms with E-state index < -0.39 is 23.6 Å². The summed E-state index contributed by atoms with van der Waals surface area (Å²) in [5, 5.41) is 5.73. The van der Waals surface area contributed by atoms with E-state index in [-0.39, 0.29) is 18.1 Å². The Morgan fingerprint density at radius 1 is 0.939 bits per heavy atom. The molecule has 6 nitrogen and oxygen atoms in total. The first-order valence-electron chi connectivity index (χ1n) is 9.50. The number of rotatable bonds is 6. The number of halogens is 4. The van der Waals surface area contributed by atoms with Crippen molar-refractivity contribution in [2.75, 3.05) is 5.32 Å². The van der Waals surface area contributed by atoms with Gasteiger partial charge in [-0.15, -0.1) is 0 Å². The molecule has 0 aliphatic heterocycles. The number of nitrogens with zero attached hydrogens (tertiary/aromatic N) is 1. The van der Waals surface area contributed by atoms with Crippen molar-refractivity contribution >= 4 is 23.7 Å². The average molecular weight is 459 g/mol. The summed E-state index contributed by atoms with van der Waals surface area (Å²) in [6.45, 7) is 0.255. The summed E-state index contributed by atoms with van der Waals surface area (Å²) in [4.78, 5) is 23.7. The first-order valence-corrected chi connectivity index (χ1v) is 9.50. The van der Waals surface area contributed by atoms with Gasteiger partial charge in [-0.1, -0.05) is 18.2 Å². The molecule has 33 heavy (non-hydrogen) atoms. The van der Waals surface area contributed by atoms with E-state index in [9.17, 15) is 27.2 Å². The number of carbonyl (C=O) groups excluding carboxylic acids is 2. The summed E-state index contributed by atoms with van der Waals surface area (Å²) >= 11 is 0. The Morgan fingerprint density at radius 2 is 1.64 bits per heavy atom. The van der Waals surface area contributed by atoms with Crippen LogP contribution in [0.25, 0.3) is 0 Å². The highest BCUT2D eigenvalue weighted by Crippen LogP contribution is 2.30. The fraction of sp³-hybridized carbons (Fsp3) is 0.0870. The fourth-order valence-corrected chi connectivity index (χ4v) is 2.57. The van der Waals surface area contributed by atoms with Gasteiger partial charge in [-0.25, -0.2) is 9.82 Å². The summed E-state index contributed by atoms with van der Waals surface area (Å²) in [6, 6.07) is 16.4. The van der Waals surface area contributed by atoms with E-state index in [0.717, 1.165) is 17.7 Å². The van der Waals surface area contributed by atoms with Crippen LogP contribution in [0.3, 0.4) is 0 Å². The molecule has 0 bridgehead atoms. The number of benzene rings is 3. The highest BCUT2D eigenvalue weighted by Gasteiger charge is 2.30. The molecule has 0 unspecified atom stereocenters. The van der Waals surface area contributed by atoms with Gasteiger partial charge in [0.25, 0.3) is 0 Å². The Hall–Kier alpha value is -4.21. The number of anilines is 1. The van der Waals surface area contributed by atoms with Gasteiger partial charge < -0.3 is 10.1 Å². The number of nitrogens with one attached hydrogen (secondary N) is 2. The Balaban J connectivity index is 1.48. The van der Waals surface area contributed by atoms with E-state index in [0.29, 0.717) is 17.4 Å². The molecule has 0 fully saturated rings. The smallest absolute Gasteiger partial charge is 0.416 e. The normalized spacial score (nSPS) is 11.3. The van der Waals surface area contributed by atoms with Crippen LogP contribution in [0.1, 0.15) is 16.7 Å². The summed E-state index contributed by atoms with van der Waals surface area (Å²) in [6.07, 6.45) is -3.30. The van der Waals surface area contributed by atoms with Crippen LogP contribution in [0.5, 0.6) is 5.75 Å². The van der Waals surface area contributed by atoms with E-state index >= 15 is 0 Å². The quantitative estimate of drug-likeness (QED) is 0.246. The predicted octanol–water partition coefficient (Wildman–Crippen LogP) is 4.51. The van der Waals surface area contributed by atoms with Crippen LogP contribution in [-0.2, 0) is 22.4 Å². The lowest BCUT2D eigenvalue weighted by Gasteiger charge is -2.09. The highest BCUT2D eigenvalue weighted by molar-refractivity contribution is 6.39.